The molecule has 100 valence electrons. The quantitative estimate of drug-likeness (QED) is 0.720. The van der Waals surface area contributed by atoms with E-state index in [4.69, 9.17) is 11.6 Å². The van der Waals surface area contributed by atoms with Crippen LogP contribution in [-0.2, 0) is 5.75 Å². The molecule has 1 unspecified atom stereocenters. The van der Waals surface area contributed by atoms with Gasteiger partial charge in [-0.25, -0.2) is 0 Å². The van der Waals surface area contributed by atoms with Crippen molar-refractivity contribution >= 4 is 23.4 Å². The number of thioether (sulfide) groups is 1. The Kier molecular flexibility index (Phi) is 5.83. The summed E-state index contributed by atoms with van der Waals surface area (Å²) in [5.41, 5.74) is 1.31. The number of hydrogen-bond acceptors (Lipinski definition) is 3. The minimum atomic E-state index is 0.248. The first-order chi connectivity index (χ1) is 8.78. The van der Waals surface area contributed by atoms with Gasteiger partial charge >= 0.3 is 0 Å². The second kappa shape index (κ2) is 7.39. The molecule has 0 radical (unpaired) electrons. The summed E-state index contributed by atoms with van der Waals surface area (Å²) in [5.74, 6) is 2.09. The molecule has 2 nitrogen and oxygen atoms in total. The molecule has 0 spiro atoms. The third-order valence-electron chi connectivity index (χ3n) is 3.06. The molecule has 1 saturated carbocycles. The van der Waals surface area contributed by atoms with Crippen molar-refractivity contribution in [2.45, 2.75) is 37.1 Å². The van der Waals surface area contributed by atoms with Crippen molar-refractivity contribution in [3.8, 4) is 0 Å². The fourth-order valence-corrected chi connectivity index (χ4v) is 2.96. The number of aliphatic hydroxyl groups is 1. The van der Waals surface area contributed by atoms with Crippen LogP contribution in [0, 0.1) is 0 Å². The minimum Gasteiger partial charge on any atom is -0.395 e. The Morgan fingerprint density at radius 2 is 2.06 bits per heavy atom. The van der Waals surface area contributed by atoms with Gasteiger partial charge in [0.25, 0.3) is 0 Å². The van der Waals surface area contributed by atoms with Crippen LogP contribution in [0.15, 0.2) is 24.3 Å². The van der Waals surface area contributed by atoms with Crippen molar-refractivity contribution in [1.29, 1.82) is 0 Å². The Morgan fingerprint density at radius 3 is 2.67 bits per heavy atom. The molecule has 1 aliphatic rings. The Bertz CT molecular complexity index is 353. The zero-order valence-corrected chi connectivity index (χ0v) is 12.0. The highest BCUT2D eigenvalue weighted by atomic mass is 35.5. The molecule has 1 aliphatic carbocycles. The van der Waals surface area contributed by atoms with Crippen molar-refractivity contribution in [1.82, 2.24) is 5.32 Å². The monoisotopic (exact) mass is 285 g/mol. The molecule has 4 heteroatoms. The van der Waals surface area contributed by atoms with Crippen LogP contribution in [-0.4, -0.2) is 29.5 Å². The Morgan fingerprint density at radius 1 is 1.33 bits per heavy atom. The molecule has 1 atom stereocenters. The predicted octanol–water partition coefficient (Wildman–Crippen LogP) is 3.08. The highest BCUT2D eigenvalue weighted by molar-refractivity contribution is 7.98. The van der Waals surface area contributed by atoms with Crippen LogP contribution in [0.3, 0.4) is 0 Å². The molecular weight excluding hydrogens is 266 g/mol. The van der Waals surface area contributed by atoms with Crippen LogP contribution >= 0.6 is 23.4 Å². The van der Waals surface area contributed by atoms with E-state index >= 15 is 0 Å². The van der Waals surface area contributed by atoms with Crippen molar-refractivity contribution < 1.29 is 5.11 Å². The number of benzene rings is 1. The van der Waals surface area contributed by atoms with Gasteiger partial charge in [0.05, 0.1) is 6.61 Å². The molecule has 2 rings (SSSR count). The summed E-state index contributed by atoms with van der Waals surface area (Å²) in [6, 6.07) is 8.95. The molecule has 1 fully saturated rings. The van der Waals surface area contributed by atoms with Crippen LogP contribution in [0.5, 0.6) is 0 Å². The molecule has 0 amide bonds. The molecule has 2 N–H and O–H groups in total. The highest BCUT2D eigenvalue weighted by Gasteiger charge is 2.23. The molecule has 18 heavy (non-hydrogen) atoms. The molecule has 0 heterocycles. The van der Waals surface area contributed by atoms with E-state index in [1.807, 2.05) is 23.9 Å². The van der Waals surface area contributed by atoms with Crippen LogP contribution in [0.2, 0.25) is 5.02 Å². The third kappa shape index (κ3) is 5.19. The van der Waals surface area contributed by atoms with Crippen LogP contribution in [0.25, 0.3) is 0 Å². The summed E-state index contributed by atoms with van der Waals surface area (Å²) in [5, 5.41) is 13.5. The first-order valence-corrected chi connectivity index (χ1v) is 8.00. The van der Waals surface area contributed by atoms with Gasteiger partial charge in [-0.2, -0.15) is 11.8 Å². The first-order valence-electron chi connectivity index (χ1n) is 6.47. The number of rotatable bonds is 8. The van der Waals surface area contributed by atoms with Crippen LogP contribution in [0.4, 0.5) is 0 Å². The van der Waals surface area contributed by atoms with Crippen LogP contribution in [0.1, 0.15) is 24.8 Å². The Balaban J connectivity index is 1.60. The lowest BCUT2D eigenvalue weighted by Crippen LogP contribution is -2.34. The fraction of sp³-hybridized carbons (Fsp3) is 0.571. The van der Waals surface area contributed by atoms with Crippen molar-refractivity contribution in [2.24, 2.45) is 0 Å². The topological polar surface area (TPSA) is 32.3 Å². The average molecular weight is 286 g/mol. The van der Waals surface area contributed by atoms with Gasteiger partial charge in [-0.3, -0.25) is 0 Å². The van der Waals surface area contributed by atoms with Gasteiger partial charge in [0, 0.05) is 22.9 Å². The summed E-state index contributed by atoms with van der Waals surface area (Å²) >= 11 is 7.75. The molecule has 0 aromatic heterocycles. The van der Waals surface area contributed by atoms with E-state index in [0.717, 1.165) is 22.9 Å². The smallest absolute Gasteiger partial charge is 0.0585 e. The number of hydrogen-bond donors (Lipinski definition) is 2. The van der Waals surface area contributed by atoms with Gasteiger partial charge in [0.1, 0.15) is 0 Å². The predicted molar refractivity (Wildman–Crippen MR) is 79.3 cm³/mol. The maximum Gasteiger partial charge on any atom is 0.0585 e. The largest absolute Gasteiger partial charge is 0.395 e. The van der Waals surface area contributed by atoms with E-state index in [9.17, 15) is 5.11 Å². The summed E-state index contributed by atoms with van der Waals surface area (Å²) in [4.78, 5) is 0. The van der Waals surface area contributed by atoms with E-state index in [1.165, 1.54) is 18.4 Å². The van der Waals surface area contributed by atoms with Crippen molar-refractivity contribution in [3.63, 3.8) is 0 Å². The number of aliphatic hydroxyl groups excluding tert-OH is 1. The van der Waals surface area contributed by atoms with Crippen molar-refractivity contribution in [2.75, 3.05) is 12.4 Å². The SMILES string of the molecule is OCC(CCSCc1ccc(Cl)cc1)NC1CC1. The van der Waals surface area contributed by atoms with E-state index in [2.05, 4.69) is 17.4 Å². The second-order valence-corrected chi connectivity index (χ2v) is 6.33. The Labute approximate surface area is 118 Å². The molecule has 0 saturated heterocycles. The van der Waals surface area contributed by atoms with Gasteiger partial charge in [0.2, 0.25) is 0 Å². The van der Waals surface area contributed by atoms with Crippen molar-refractivity contribution in [3.05, 3.63) is 34.9 Å². The van der Waals surface area contributed by atoms with Gasteiger partial charge in [-0.05, 0) is 42.7 Å². The zero-order chi connectivity index (χ0) is 12.8. The molecular formula is C14H20ClNOS. The number of nitrogens with one attached hydrogen (secondary N) is 1. The highest BCUT2D eigenvalue weighted by Crippen LogP contribution is 2.21. The van der Waals surface area contributed by atoms with Gasteiger partial charge in [0.15, 0.2) is 0 Å². The standard InChI is InChI=1S/C14H20ClNOS/c15-12-3-1-11(2-4-12)10-18-8-7-14(9-17)16-13-5-6-13/h1-4,13-14,16-17H,5-10H2. The average Bonchev–Trinajstić information content (AvgIpc) is 3.19. The summed E-state index contributed by atoms with van der Waals surface area (Å²) in [6.45, 7) is 0.248. The summed E-state index contributed by atoms with van der Waals surface area (Å²) in [7, 11) is 0. The molecule has 0 aliphatic heterocycles. The van der Waals surface area contributed by atoms with E-state index < -0.39 is 0 Å². The molecule has 1 aromatic rings. The fourth-order valence-electron chi connectivity index (χ4n) is 1.81. The zero-order valence-electron chi connectivity index (χ0n) is 10.4. The number of halogens is 1. The normalized spacial score (nSPS) is 16.8. The van der Waals surface area contributed by atoms with Gasteiger partial charge in [-0.15, -0.1) is 0 Å². The third-order valence-corrected chi connectivity index (χ3v) is 4.38. The van der Waals surface area contributed by atoms with E-state index in [1.54, 1.807) is 0 Å². The lowest BCUT2D eigenvalue weighted by molar-refractivity contribution is 0.239. The maximum atomic E-state index is 9.26. The Hall–Kier alpha value is -0.220. The van der Waals surface area contributed by atoms with Gasteiger partial charge < -0.3 is 10.4 Å². The van der Waals surface area contributed by atoms with Gasteiger partial charge in [-0.1, -0.05) is 23.7 Å². The second-order valence-electron chi connectivity index (χ2n) is 4.79. The summed E-state index contributed by atoms with van der Waals surface area (Å²) < 4.78 is 0. The van der Waals surface area contributed by atoms with E-state index in [0.29, 0.717) is 6.04 Å². The molecule has 1 aromatic carbocycles. The summed E-state index contributed by atoms with van der Waals surface area (Å²) in [6.07, 6.45) is 3.58. The lowest BCUT2D eigenvalue weighted by Gasteiger charge is -2.15. The minimum absolute atomic E-state index is 0.248. The lowest BCUT2D eigenvalue weighted by atomic mass is 10.2. The maximum absolute atomic E-state index is 9.26. The molecule has 0 bridgehead atoms. The van der Waals surface area contributed by atoms with E-state index in [-0.39, 0.29) is 12.6 Å². The first kappa shape index (κ1) is 14.2. The van der Waals surface area contributed by atoms with Crippen LogP contribution < -0.4 is 5.32 Å².